The maximum atomic E-state index is 13.0. The zero-order valence-electron chi connectivity index (χ0n) is 15.8. The Hall–Kier alpha value is -1.87. The van der Waals surface area contributed by atoms with E-state index in [2.05, 4.69) is 10.5 Å². The Morgan fingerprint density at radius 1 is 1.46 bits per heavy atom. The lowest BCUT2D eigenvalue weighted by Crippen LogP contribution is -2.55. The molecular weight excluding hydrogens is 384 g/mol. The minimum absolute atomic E-state index is 0.0505. The summed E-state index contributed by atoms with van der Waals surface area (Å²) in [5.41, 5.74) is 1.30. The van der Waals surface area contributed by atoms with Crippen LogP contribution in [-0.2, 0) is 11.3 Å². The van der Waals surface area contributed by atoms with E-state index in [0.717, 1.165) is 37.6 Å². The molecule has 4 rings (SSSR count). The van der Waals surface area contributed by atoms with Crippen molar-refractivity contribution < 1.29 is 19.2 Å². The molecule has 2 aliphatic rings. The Kier molecular flexibility index (Phi) is 5.73. The summed E-state index contributed by atoms with van der Waals surface area (Å²) >= 11 is 6.06. The van der Waals surface area contributed by atoms with Gasteiger partial charge in [0.15, 0.2) is 5.58 Å². The van der Waals surface area contributed by atoms with Crippen LogP contribution in [-0.4, -0.2) is 64.8 Å². The SMILES string of the molecule is COC(O)N1CCCC(N(C(=O)NCc2noc3ccc(Cl)cc23)C2CC2)C1. The molecule has 9 heteroatoms. The fourth-order valence-electron chi connectivity index (χ4n) is 3.88. The van der Waals surface area contributed by atoms with E-state index >= 15 is 0 Å². The van der Waals surface area contributed by atoms with Gasteiger partial charge in [-0.2, -0.15) is 0 Å². The Morgan fingerprint density at radius 3 is 3.04 bits per heavy atom. The summed E-state index contributed by atoms with van der Waals surface area (Å²) < 4.78 is 10.3. The van der Waals surface area contributed by atoms with Crippen molar-refractivity contribution >= 4 is 28.6 Å². The summed E-state index contributed by atoms with van der Waals surface area (Å²) in [6.07, 6.45) is 2.92. The van der Waals surface area contributed by atoms with Crippen LogP contribution in [0.5, 0.6) is 0 Å². The number of aliphatic hydroxyl groups is 1. The number of benzene rings is 1. The number of nitrogens with one attached hydrogen (secondary N) is 1. The third-order valence-electron chi connectivity index (χ3n) is 5.43. The second-order valence-corrected chi connectivity index (χ2v) is 7.86. The van der Waals surface area contributed by atoms with Gasteiger partial charge in [0, 0.05) is 42.7 Å². The van der Waals surface area contributed by atoms with Crippen LogP contribution in [0, 0.1) is 0 Å². The molecule has 0 spiro atoms. The van der Waals surface area contributed by atoms with Gasteiger partial charge in [0.05, 0.1) is 6.54 Å². The Bertz CT molecular complexity index is 840. The van der Waals surface area contributed by atoms with Crippen LogP contribution >= 0.6 is 11.6 Å². The number of carbonyl (C=O) groups is 1. The van der Waals surface area contributed by atoms with Crippen molar-refractivity contribution in [1.82, 2.24) is 20.3 Å². The summed E-state index contributed by atoms with van der Waals surface area (Å²) in [4.78, 5) is 16.8. The highest BCUT2D eigenvalue weighted by molar-refractivity contribution is 6.31. The summed E-state index contributed by atoms with van der Waals surface area (Å²) in [5.74, 6) is 0. The van der Waals surface area contributed by atoms with Gasteiger partial charge in [-0.25, -0.2) is 4.79 Å². The first-order valence-corrected chi connectivity index (χ1v) is 9.99. The summed E-state index contributed by atoms with van der Waals surface area (Å²) in [6, 6.07) is 5.50. The van der Waals surface area contributed by atoms with Gasteiger partial charge in [-0.15, -0.1) is 0 Å². The molecule has 1 saturated carbocycles. The van der Waals surface area contributed by atoms with Gasteiger partial charge in [-0.3, -0.25) is 4.90 Å². The maximum absolute atomic E-state index is 13.0. The normalized spacial score (nSPS) is 21.6. The number of hydrogen-bond donors (Lipinski definition) is 2. The third kappa shape index (κ3) is 4.10. The molecule has 1 aromatic heterocycles. The first kappa shape index (κ1) is 19.4. The van der Waals surface area contributed by atoms with Crippen molar-refractivity contribution in [2.75, 3.05) is 20.2 Å². The molecule has 2 fully saturated rings. The Morgan fingerprint density at radius 2 is 2.29 bits per heavy atom. The fraction of sp³-hybridized carbons (Fsp3) is 0.579. The zero-order chi connectivity index (χ0) is 19.7. The van der Waals surface area contributed by atoms with Gasteiger partial charge < -0.3 is 24.6 Å². The number of methoxy groups -OCH3 is 1. The number of hydrogen-bond acceptors (Lipinski definition) is 6. The van der Waals surface area contributed by atoms with Gasteiger partial charge in [0.2, 0.25) is 6.41 Å². The summed E-state index contributed by atoms with van der Waals surface area (Å²) in [5, 5.41) is 18.4. The number of aromatic nitrogens is 1. The molecule has 1 aliphatic carbocycles. The molecule has 0 bridgehead atoms. The molecule has 2 unspecified atom stereocenters. The van der Waals surface area contributed by atoms with E-state index in [-0.39, 0.29) is 24.7 Å². The van der Waals surface area contributed by atoms with Gasteiger partial charge >= 0.3 is 6.03 Å². The number of likely N-dealkylation sites (tertiary alicyclic amines) is 1. The van der Waals surface area contributed by atoms with Crippen molar-refractivity contribution in [3.8, 4) is 0 Å². The van der Waals surface area contributed by atoms with Gasteiger partial charge in [0.25, 0.3) is 0 Å². The maximum Gasteiger partial charge on any atom is 0.318 e. The number of piperidine rings is 1. The molecule has 0 radical (unpaired) electrons. The molecule has 1 saturated heterocycles. The number of amides is 2. The predicted molar refractivity (Wildman–Crippen MR) is 104 cm³/mol. The standard InChI is InChI=1S/C19H25ClN4O4/c1-27-19(26)23-8-2-3-14(11-23)24(13-5-6-13)18(25)21-10-16-15-9-12(20)4-7-17(15)28-22-16/h4,7,9,13-14,19,26H,2-3,5-6,8,10-11H2,1H3,(H,21,25). The lowest BCUT2D eigenvalue weighted by molar-refractivity contribution is -0.186. The second kappa shape index (κ2) is 8.24. The lowest BCUT2D eigenvalue weighted by Gasteiger charge is -2.40. The van der Waals surface area contributed by atoms with Crippen LogP contribution in [0.3, 0.4) is 0 Å². The van der Waals surface area contributed by atoms with Gasteiger partial charge in [0.1, 0.15) is 5.69 Å². The number of fused-ring (bicyclic) bond motifs is 1. The first-order valence-electron chi connectivity index (χ1n) is 9.61. The molecule has 28 heavy (non-hydrogen) atoms. The van der Waals surface area contributed by atoms with Crippen molar-refractivity contribution in [3.05, 3.63) is 28.9 Å². The van der Waals surface area contributed by atoms with Crippen molar-refractivity contribution in [2.24, 2.45) is 0 Å². The quantitative estimate of drug-likeness (QED) is 0.714. The van der Waals surface area contributed by atoms with Crippen molar-refractivity contribution in [1.29, 1.82) is 0 Å². The molecule has 152 valence electrons. The summed E-state index contributed by atoms with van der Waals surface area (Å²) in [6.45, 7) is 1.63. The molecule has 1 aromatic carbocycles. The van der Waals surface area contributed by atoms with E-state index < -0.39 is 6.41 Å². The highest BCUT2D eigenvalue weighted by Crippen LogP contribution is 2.32. The van der Waals surface area contributed by atoms with Crippen molar-refractivity contribution in [2.45, 2.75) is 50.7 Å². The molecule has 2 N–H and O–H groups in total. The highest BCUT2D eigenvalue weighted by atomic mass is 35.5. The number of urea groups is 1. The Balaban J connectivity index is 1.43. The number of carbonyl (C=O) groups excluding carboxylic acids is 1. The van der Waals surface area contributed by atoms with Crippen LogP contribution in [0.1, 0.15) is 31.4 Å². The molecule has 2 heterocycles. The Labute approximate surface area is 168 Å². The number of rotatable bonds is 6. The average Bonchev–Trinajstić information content (AvgIpc) is 3.46. The average molecular weight is 409 g/mol. The number of aliphatic hydroxyl groups excluding tert-OH is 1. The van der Waals surface area contributed by atoms with E-state index in [4.69, 9.17) is 20.9 Å². The third-order valence-corrected chi connectivity index (χ3v) is 5.67. The van der Waals surface area contributed by atoms with Gasteiger partial charge in [-0.1, -0.05) is 16.8 Å². The highest BCUT2D eigenvalue weighted by Gasteiger charge is 2.39. The minimum atomic E-state index is -0.932. The van der Waals surface area contributed by atoms with Crippen LogP contribution in [0.25, 0.3) is 11.0 Å². The second-order valence-electron chi connectivity index (χ2n) is 7.42. The number of nitrogens with zero attached hydrogens (tertiary/aromatic N) is 3. The number of ether oxygens (including phenoxy) is 1. The monoisotopic (exact) mass is 408 g/mol. The smallest absolute Gasteiger partial charge is 0.318 e. The van der Waals surface area contributed by atoms with Crippen LogP contribution < -0.4 is 5.32 Å². The van der Waals surface area contributed by atoms with E-state index in [1.165, 1.54) is 7.11 Å². The van der Waals surface area contributed by atoms with Crippen LogP contribution in [0.2, 0.25) is 5.02 Å². The largest absolute Gasteiger partial charge is 0.356 e. The molecule has 2 aromatic rings. The zero-order valence-corrected chi connectivity index (χ0v) is 16.6. The molecule has 1 aliphatic heterocycles. The molecular formula is C19H25ClN4O4. The first-order chi connectivity index (χ1) is 13.6. The summed E-state index contributed by atoms with van der Waals surface area (Å²) in [7, 11) is 1.48. The van der Waals surface area contributed by atoms with E-state index in [1.807, 2.05) is 9.80 Å². The molecule has 2 amide bonds. The van der Waals surface area contributed by atoms with E-state index in [1.54, 1.807) is 18.2 Å². The van der Waals surface area contributed by atoms with E-state index in [9.17, 15) is 9.90 Å². The van der Waals surface area contributed by atoms with Crippen LogP contribution in [0.4, 0.5) is 4.79 Å². The fourth-order valence-corrected chi connectivity index (χ4v) is 4.05. The van der Waals surface area contributed by atoms with E-state index in [0.29, 0.717) is 22.8 Å². The van der Waals surface area contributed by atoms with Crippen molar-refractivity contribution in [3.63, 3.8) is 0 Å². The lowest BCUT2D eigenvalue weighted by atomic mass is 10.0. The minimum Gasteiger partial charge on any atom is -0.356 e. The predicted octanol–water partition coefficient (Wildman–Crippen LogP) is 2.54. The topological polar surface area (TPSA) is 91.1 Å². The number of halogens is 1. The van der Waals surface area contributed by atoms with Gasteiger partial charge in [-0.05, 0) is 43.9 Å². The molecule has 8 nitrogen and oxygen atoms in total. The molecule has 2 atom stereocenters. The van der Waals surface area contributed by atoms with Crippen LogP contribution in [0.15, 0.2) is 22.7 Å².